The van der Waals surface area contributed by atoms with Gasteiger partial charge in [-0.2, -0.15) is 4.98 Å². The molecule has 14 heteroatoms. The van der Waals surface area contributed by atoms with Gasteiger partial charge in [0, 0.05) is 37.6 Å². The zero-order valence-electron chi connectivity index (χ0n) is 27.6. The normalized spacial score (nSPS) is 17.4. The molecule has 0 bridgehead atoms. The van der Waals surface area contributed by atoms with Crippen molar-refractivity contribution in [2.45, 2.75) is 77.5 Å². The van der Waals surface area contributed by atoms with Crippen molar-refractivity contribution in [1.82, 2.24) is 25.2 Å². The Morgan fingerprint density at radius 3 is 2.47 bits per heavy atom. The van der Waals surface area contributed by atoms with Crippen LogP contribution in [0.15, 0.2) is 36.4 Å². The lowest BCUT2D eigenvalue weighted by atomic mass is 10.1. The Hall–Kier alpha value is -4.30. The third-order valence-corrected chi connectivity index (χ3v) is 7.27. The molecule has 0 saturated carbocycles. The summed E-state index contributed by atoms with van der Waals surface area (Å²) >= 11 is 0. The van der Waals surface area contributed by atoms with Crippen LogP contribution in [-0.2, 0) is 28.6 Å². The first kappa shape index (κ1) is 35.6. The molecule has 47 heavy (non-hydrogen) atoms. The second-order valence-corrected chi connectivity index (χ2v) is 12.3. The predicted molar refractivity (Wildman–Crippen MR) is 169 cm³/mol. The lowest BCUT2D eigenvalue weighted by Crippen LogP contribution is -2.55. The molecule has 0 spiro atoms. The standard InChI is InChI=1S/C33H45N5O9/c1-5-6-19-44-32(42)47-38-17-15-37(16-18-38)31(41)25(12-13-28(39)46-33(2,3)4)35-30(40)26-21-27(45-24-14-20-43-22-24)36-29(34-26)23-10-8-7-9-11-23/h7-11,21,24-25H,5-6,12-20,22H2,1-4H3,(H,35,40)/t24-,25+/m1/s1. The Balaban J connectivity index is 1.48. The van der Waals surface area contributed by atoms with Crippen molar-refractivity contribution in [2.75, 3.05) is 46.0 Å². The summed E-state index contributed by atoms with van der Waals surface area (Å²) in [7, 11) is 0. The number of hydroxylamine groups is 2. The largest absolute Gasteiger partial charge is 0.527 e. The van der Waals surface area contributed by atoms with Gasteiger partial charge in [0.2, 0.25) is 11.8 Å². The number of aromatic nitrogens is 2. The minimum absolute atomic E-state index is 0.000643. The number of amides is 2. The third-order valence-electron chi connectivity index (χ3n) is 7.27. The van der Waals surface area contributed by atoms with Crippen molar-refractivity contribution in [2.24, 2.45) is 0 Å². The number of benzene rings is 1. The number of rotatable bonds is 13. The summed E-state index contributed by atoms with van der Waals surface area (Å²) in [6.45, 7) is 9.47. The summed E-state index contributed by atoms with van der Waals surface area (Å²) in [6, 6.07) is 9.54. The third kappa shape index (κ3) is 11.5. The summed E-state index contributed by atoms with van der Waals surface area (Å²) in [5.74, 6) is -1.01. The van der Waals surface area contributed by atoms with E-state index < -0.39 is 29.7 Å². The highest BCUT2D eigenvalue weighted by Crippen LogP contribution is 2.22. The summed E-state index contributed by atoms with van der Waals surface area (Å²) in [5, 5.41) is 4.23. The van der Waals surface area contributed by atoms with Crippen LogP contribution in [-0.4, -0.2) is 108 Å². The van der Waals surface area contributed by atoms with E-state index in [9.17, 15) is 19.2 Å². The molecule has 2 fully saturated rings. The van der Waals surface area contributed by atoms with Gasteiger partial charge in [0.1, 0.15) is 23.4 Å². The van der Waals surface area contributed by atoms with Crippen LogP contribution in [0.2, 0.25) is 0 Å². The average Bonchev–Trinajstić information content (AvgIpc) is 3.55. The molecule has 2 saturated heterocycles. The van der Waals surface area contributed by atoms with E-state index in [1.807, 2.05) is 37.3 Å². The molecular weight excluding hydrogens is 610 g/mol. The molecule has 1 aromatic heterocycles. The van der Waals surface area contributed by atoms with E-state index in [4.69, 9.17) is 23.8 Å². The molecule has 0 radical (unpaired) electrons. The van der Waals surface area contributed by atoms with Gasteiger partial charge in [0.15, 0.2) is 5.82 Å². The molecule has 2 aliphatic heterocycles. The van der Waals surface area contributed by atoms with Crippen molar-refractivity contribution in [1.29, 1.82) is 0 Å². The van der Waals surface area contributed by atoms with Crippen LogP contribution in [0.5, 0.6) is 5.88 Å². The predicted octanol–water partition coefficient (Wildman–Crippen LogP) is 3.54. The van der Waals surface area contributed by atoms with Crippen LogP contribution < -0.4 is 10.1 Å². The van der Waals surface area contributed by atoms with Gasteiger partial charge in [-0.3, -0.25) is 14.4 Å². The first-order chi connectivity index (χ1) is 22.5. The second-order valence-electron chi connectivity index (χ2n) is 12.3. The number of nitrogens with zero attached hydrogens (tertiary/aromatic N) is 4. The number of unbranched alkanes of at least 4 members (excludes halogenated alkanes) is 1. The zero-order chi connectivity index (χ0) is 33.8. The number of esters is 1. The Morgan fingerprint density at radius 1 is 1.06 bits per heavy atom. The van der Waals surface area contributed by atoms with Crippen LogP contribution in [0.1, 0.15) is 70.3 Å². The Kier molecular flexibility index (Phi) is 12.9. The molecule has 3 heterocycles. The van der Waals surface area contributed by atoms with E-state index >= 15 is 0 Å². The SMILES string of the molecule is CCCCOC(=O)ON1CCN(C(=O)[C@H](CCC(=O)OC(C)(C)C)NC(=O)c2cc(O[C@@H]3CCOC3)nc(-c3ccccc3)n2)CC1. The van der Waals surface area contributed by atoms with Gasteiger partial charge in [-0.15, -0.1) is 5.06 Å². The number of carbonyl (C=O) groups excluding carboxylic acids is 4. The smallest absolute Gasteiger partial charge is 0.472 e. The first-order valence-electron chi connectivity index (χ1n) is 16.1. The second kappa shape index (κ2) is 17.0. The number of nitrogens with one attached hydrogen (secondary N) is 1. The van der Waals surface area contributed by atoms with Crippen LogP contribution >= 0.6 is 0 Å². The van der Waals surface area contributed by atoms with E-state index in [-0.39, 0.29) is 75.0 Å². The van der Waals surface area contributed by atoms with Gasteiger partial charge < -0.3 is 34.0 Å². The Labute approximate surface area is 275 Å². The molecule has 2 aliphatic rings. The van der Waals surface area contributed by atoms with E-state index in [0.29, 0.717) is 25.2 Å². The fourth-order valence-corrected chi connectivity index (χ4v) is 4.89. The van der Waals surface area contributed by atoms with Gasteiger partial charge in [0.25, 0.3) is 5.91 Å². The van der Waals surface area contributed by atoms with Crippen molar-refractivity contribution >= 4 is 23.9 Å². The summed E-state index contributed by atoms with van der Waals surface area (Å²) < 4.78 is 21.9. The molecule has 2 atom stereocenters. The van der Waals surface area contributed by atoms with Crippen LogP contribution in [0, 0.1) is 0 Å². The maximum Gasteiger partial charge on any atom is 0.527 e. The summed E-state index contributed by atoms with van der Waals surface area (Å²) in [5.41, 5.74) is -0.0205. The zero-order valence-corrected chi connectivity index (χ0v) is 27.6. The van der Waals surface area contributed by atoms with Gasteiger partial charge in [-0.25, -0.2) is 9.78 Å². The topological polar surface area (TPSA) is 159 Å². The lowest BCUT2D eigenvalue weighted by Gasteiger charge is -2.35. The number of piperazine rings is 1. The summed E-state index contributed by atoms with van der Waals surface area (Å²) in [4.78, 5) is 67.9. The first-order valence-corrected chi connectivity index (χ1v) is 16.1. The molecule has 0 aliphatic carbocycles. The highest BCUT2D eigenvalue weighted by Gasteiger charge is 2.32. The Bertz CT molecular complexity index is 1350. The molecule has 256 valence electrons. The quantitative estimate of drug-likeness (QED) is 0.248. The fraction of sp³-hybridized carbons (Fsp3) is 0.576. The van der Waals surface area contributed by atoms with Crippen molar-refractivity contribution in [3.8, 4) is 17.3 Å². The van der Waals surface area contributed by atoms with E-state index in [0.717, 1.165) is 12.8 Å². The van der Waals surface area contributed by atoms with Crippen LogP contribution in [0.25, 0.3) is 11.4 Å². The van der Waals surface area contributed by atoms with Gasteiger partial charge in [-0.05, 0) is 33.6 Å². The molecule has 1 N–H and O–H groups in total. The molecule has 0 unspecified atom stereocenters. The minimum atomic E-state index is -1.07. The Morgan fingerprint density at radius 2 is 1.81 bits per heavy atom. The molecule has 14 nitrogen and oxygen atoms in total. The van der Waals surface area contributed by atoms with Crippen molar-refractivity contribution in [3.05, 3.63) is 42.1 Å². The van der Waals surface area contributed by atoms with Gasteiger partial charge in [-0.1, -0.05) is 43.7 Å². The molecule has 2 aromatic rings. The van der Waals surface area contributed by atoms with E-state index in [1.165, 1.54) is 11.1 Å². The number of hydrogen-bond donors (Lipinski definition) is 1. The number of ether oxygens (including phenoxy) is 4. The number of hydrogen-bond acceptors (Lipinski definition) is 12. The average molecular weight is 656 g/mol. The maximum atomic E-state index is 13.8. The fourth-order valence-electron chi connectivity index (χ4n) is 4.89. The minimum Gasteiger partial charge on any atom is -0.472 e. The van der Waals surface area contributed by atoms with E-state index in [1.54, 1.807) is 25.7 Å². The molecule has 2 amide bonds. The lowest BCUT2D eigenvalue weighted by molar-refractivity contribution is -0.158. The molecular formula is C33H45N5O9. The monoisotopic (exact) mass is 655 g/mol. The number of carbonyl (C=O) groups is 4. The maximum absolute atomic E-state index is 13.8. The summed E-state index contributed by atoms with van der Waals surface area (Å²) in [6.07, 6.45) is 1.20. The molecule has 4 rings (SSSR count). The van der Waals surface area contributed by atoms with Gasteiger partial charge in [0.05, 0.1) is 32.9 Å². The van der Waals surface area contributed by atoms with Crippen molar-refractivity contribution in [3.63, 3.8) is 0 Å². The highest BCUT2D eigenvalue weighted by atomic mass is 16.8. The molecule has 1 aromatic carbocycles. The van der Waals surface area contributed by atoms with Crippen molar-refractivity contribution < 1.29 is 43.0 Å². The van der Waals surface area contributed by atoms with Gasteiger partial charge >= 0.3 is 12.1 Å². The van der Waals surface area contributed by atoms with E-state index in [2.05, 4.69) is 15.3 Å². The van der Waals surface area contributed by atoms with Crippen LogP contribution in [0.3, 0.4) is 0 Å². The highest BCUT2D eigenvalue weighted by molar-refractivity contribution is 5.96. The van der Waals surface area contributed by atoms with Crippen LogP contribution in [0.4, 0.5) is 4.79 Å².